The number of amides is 1. The number of carbonyl (C=O) groups is 1. The zero-order valence-electron chi connectivity index (χ0n) is 14.7. The molecule has 2 atom stereocenters. The maximum absolute atomic E-state index is 12.1. The van der Waals surface area contributed by atoms with Crippen LogP contribution in [0.1, 0.15) is 36.8 Å². The third kappa shape index (κ3) is 5.25. The van der Waals surface area contributed by atoms with Gasteiger partial charge in [-0.15, -0.1) is 0 Å². The molecule has 0 spiro atoms. The van der Waals surface area contributed by atoms with Crippen LogP contribution >= 0.6 is 0 Å². The van der Waals surface area contributed by atoms with Crippen molar-refractivity contribution in [3.8, 4) is 0 Å². The quantitative estimate of drug-likeness (QED) is 0.707. The Labute approximate surface area is 149 Å². The lowest BCUT2D eigenvalue weighted by Gasteiger charge is -2.29. The Bertz CT molecular complexity index is 556. The van der Waals surface area contributed by atoms with Crippen molar-refractivity contribution in [2.24, 2.45) is 5.73 Å². The minimum absolute atomic E-state index is 0.0194. The number of aliphatic hydroxyl groups is 1. The minimum atomic E-state index is -0.359. The highest BCUT2D eigenvalue weighted by molar-refractivity contribution is 5.81. The van der Waals surface area contributed by atoms with Crippen LogP contribution in [-0.4, -0.2) is 53.9 Å². The molecule has 0 saturated carbocycles. The monoisotopic (exact) mass is 347 g/mol. The predicted molar refractivity (Wildman–Crippen MR) is 95.8 cm³/mol. The number of benzene rings is 1. The van der Waals surface area contributed by atoms with Gasteiger partial charge in [0.1, 0.15) is 6.10 Å². The van der Waals surface area contributed by atoms with E-state index >= 15 is 0 Å². The minimum Gasteiger partial charge on any atom is -0.393 e. The van der Waals surface area contributed by atoms with E-state index in [1.807, 2.05) is 0 Å². The summed E-state index contributed by atoms with van der Waals surface area (Å²) in [6, 6.07) is 8.35. The van der Waals surface area contributed by atoms with E-state index in [1.165, 1.54) is 5.56 Å². The van der Waals surface area contributed by atoms with Gasteiger partial charge in [-0.05, 0) is 36.8 Å². The van der Waals surface area contributed by atoms with Crippen molar-refractivity contribution in [1.82, 2.24) is 10.2 Å². The van der Waals surface area contributed by atoms with Crippen LogP contribution in [0.2, 0.25) is 0 Å². The summed E-state index contributed by atoms with van der Waals surface area (Å²) in [6.45, 7) is 3.80. The Balaban J connectivity index is 1.42. The van der Waals surface area contributed by atoms with Gasteiger partial charge in [0.25, 0.3) is 0 Å². The van der Waals surface area contributed by atoms with Crippen molar-refractivity contribution in [2.45, 2.75) is 57.1 Å². The summed E-state index contributed by atoms with van der Waals surface area (Å²) in [6.07, 6.45) is 2.85. The Morgan fingerprint density at radius 2 is 1.84 bits per heavy atom. The van der Waals surface area contributed by atoms with Gasteiger partial charge in [0.15, 0.2) is 0 Å². The third-order valence-corrected chi connectivity index (χ3v) is 5.12. The molecular weight excluding hydrogens is 318 g/mol. The number of piperidine rings is 1. The van der Waals surface area contributed by atoms with E-state index in [1.54, 1.807) is 0 Å². The molecule has 6 nitrogen and oxygen atoms in total. The lowest BCUT2D eigenvalue weighted by atomic mass is 10.1. The fourth-order valence-corrected chi connectivity index (χ4v) is 3.47. The first-order valence-electron chi connectivity index (χ1n) is 9.25. The van der Waals surface area contributed by atoms with Crippen LogP contribution in [0, 0.1) is 0 Å². The molecule has 2 fully saturated rings. The number of likely N-dealkylation sites (tertiary alicyclic amines) is 1. The number of hydrogen-bond acceptors (Lipinski definition) is 5. The van der Waals surface area contributed by atoms with E-state index < -0.39 is 0 Å². The molecule has 0 radical (unpaired) electrons. The van der Waals surface area contributed by atoms with Crippen molar-refractivity contribution >= 4 is 5.91 Å². The normalized spacial score (nSPS) is 25.2. The molecule has 0 bridgehead atoms. The zero-order valence-corrected chi connectivity index (χ0v) is 14.7. The molecular formula is C19H29N3O3. The van der Waals surface area contributed by atoms with Gasteiger partial charge in [0, 0.05) is 32.7 Å². The number of ether oxygens (including phenoxy) is 1. The summed E-state index contributed by atoms with van der Waals surface area (Å²) in [5.41, 5.74) is 7.92. The molecule has 138 valence electrons. The molecule has 4 N–H and O–H groups in total. The molecule has 2 aliphatic rings. The van der Waals surface area contributed by atoms with Crippen molar-refractivity contribution < 1.29 is 14.6 Å². The highest BCUT2D eigenvalue weighted by atomic mass is 16.5. The highest BCUT2D eigenvalue weighted by Crippen LogP contribution is 2.19. The van der Waals surface area contributed by atoms with Crippen LogP contribution < -0.4 is 11.1 Å². The maximum atomic E-state index is 12.1. The fraction of sp³-hybridized carbons (Fsp3) is 0.632. The lowest BCUT2D eigenvalue weighted by molar-refractivity contribution is -0.132. The first kappa shape index (κ1) is 18.3. The van der Waals surface area contributed by atoms with Crippen molar-refractivity contribution in [3.05, 3.63) is 35.4 Å². The Morgan fingerprint density at radius 3 is 2.48 bits per heavy atom. The van der Waals surface area contributed by atoms with Crippen molar-refractivity contribution in [3.63, 3.8) is 0 Å². The Morgan fingerprint density at radius 1 is 1.16 bits per heavy atom. The van der Waals surface area contributed by atoms with Gasteiger partial charge in [0.2, 0.25) is 5.91 Å². The SMILES string of the molecule is NC[C@H]1CC[C@@H](C(=O)NCc2ccc(CN3CCC(O)CC3)cc2)O1. The largest absolute Gasteiger partial charge is 0.393 e. The van der Waals surface area contributed by atoms with Crippen LogP contribution in [0.5, 0.6) is 0 Å². The van der Waals surface area contributed by atoms with E-state index in [-0.39, 0.29) is 24.2 Å². The van der Waals surface area contributed by atoms with E-state index in [0.717, 1.165) is 50.9 Å². The first-order valence-corrected chi connectivity index (χ1v) is 9.25. The molecule has 0 unspecified atom stereocenters. The first-order chi connectivity index (χ1) is 12.1. The molecule has 1 amide bonds. The summed E-state index contributed by atoms with van der Waals surface area (Å²) in [5.74, 6) is -0.0492. The molecule has 2 aliphatic heterocycles. The maximum Gasteiger partial charge on any atom is 0.249 e. The number of aliphatic hydroxyl groups excluding tert-OH is 1. The van der Waals surface area contributed by atoms with Gasteiger partial charge >= 0.3 is 0 Å². The number of nitrogens with one attached hydrogen (secondary N) is 1. The summed E-state index contributed by atoms with van der Waals surface area (Å²) in [7, 11) is 0. The van der Waals surface area contributed by atoms with Crippen LogP contribution in [-0.2, 0) is 22.6 Å². The summed E-state index contributed by atoms with van der Waals surface area (Å²) in [5, 5.41) is 12.5. The van der Waals surface area contributed by atoms with Gasteiger partial charge in [-0.2, -0.15) is 0 Å². The number of nitrogens with zero attached hydrogens (tertiary/aromatic N) is 1. The zero-order chi connectivity index (χ0) is 17.6. The van der Waals surface area contributed by atoms with E-state index in [0.29, 0.717) is 13.1 Å². The Kier molecular flexibility index (Phi) is 6.42. The molecule has 0 aliphatic carbocycles. The Hall–Kier alpha value is -1.47. The van der Waals surface area contributed by atoms with E-state index in [9.17, 15) is 9.90 Å². The molecule has 1 aromatic carbocycles. The van der Waals surface area contributed by atoms with E-state index in [4.69, 9.17) is 10.5 Å². The van der Waals surface area contributed by atoms with Crippen LogP contribution in [0.3, 0.4) is 0 Å². The molecule has 1 aromatic rings. The second kappa shape index (κ2) is 8.76. The summed E-state index contributed by atoms with van der Waals surface area (Å²) in [4.78, 5) is 14.5. The number of hydrogen-bond donors (Lipinski definition) is 3. The molecule has 2 saturated heterocycles. The van der Waals surface area contributed by atoms with Gasteiger partial charge in [-0.1, -0.05) is 24.3 Å². The van der Waals surface area contributed by atoms with E-state index in [2.05, 4.69) is 34.5 Å². The smallest absolute Gasteiger partial charge is 0.249 e. The predicted octanol–water partition coefficient (Wildman–Crippen LogP) is 0.766. The highest BCUT2D eigenvalue weighted by Gasteiger charge is 2.29. The topological polar surface area (TPSA) is 87.8 Å². The van der Waals surface area contributed by atoms with Crippen LogP contribution in [0.15, 0.2) is 24.3 Å². The standard InChI is InChI=1S/C19H29N3O3/c20-11-17-5-6-18(25-17)19(24)21-12-14-1-3-15(4-2-14)13-22-9-7-16(23)8-10-22/h1-4,16-18,23H,5-13,20H2,(H,21,24)/t17-,18+/m1/s1. The third-order valence-electron chi connectivity index (χ3n) is 5.12. The summed E-state index contributed by atoms with van der Waals surface area (Å²) < 4.78 is 5.61. The average molecular weight is 347 g/mol. The fourth-order valence-electron chi connectivity index (χ4n) is 3.47. The second-order valence-electron chi connectivity index (χ2n) is 7.10. The average Bonchev–Trinajstić information content (AvgIpc) is 3.12. The second-order valence-corrected chi connectivity index (χ2v) is 7.10. The van der Waals surface area contributed by atoms with Crippen LogP contribution in [0.4, 0.5) is 0 Å². The van der Waals surface area contributed by atoms with Gasteiger partial charge in [-0.3, -0.25) is 9.69 Å². The molecule has 2 heterocycles. The lowest BCUT2D eigenvalue weighted by Crippen LogP contribution is -2.35. The number of nitrogens with two attached hydrogens (primary N) is 1. The molecule has 25 heavy (non-hydrogen) atoms. The molecule has 0 aromatic heterocycles. The van der Waals surface area contributed by atoms with Crippen molar-refractivity contribution in [1.29, 1.82) is 0 Å². The van der Waals surface area contributed by atoms with Gasteiger partial charge < -0.3 is 20.9 Å². The van der Waals surface area contributed by atoms with Crippen LogP contribution in [0.25, 0.3) is 0 Å². The number of rotatable bonds is 6. The molecule has 3 rings (SSSR count). The summed E-state index contributed by atoms with van der Waals surface area (Å²) >= 11 is 0. The molecule has 6 heteroatoms. The van der Waals surface area contributed by atoms with Crippen molar-refractivity contribution in [2.75, 3.05) is 19.6 Å². The number of carbonyl (C=O) groups excluding carboxylic acids is 1. The van der Waals surface area contributed by atoms with Gasteiger partial charge in [-0.25, -0.2) is 0 Å². The van der Waals surface area contributed by atoms with Gasteiger partial charge in [0.05, 0.1) is 12.2 Å².